The van der Waals surface area contributed by atoms with Crippen LogP contribution in [-0.2, 0) is 28.9 Å². The molecule has 0 atom stereocenters. The smallest absolute Gasteiger partial charge is 0.218 e. The van der Waals surface area contributed by atoms with Crippen molar-refractivity contribution in [2.24, 2.45) is 5.73 Å². The van der Waals surface area contributed by atoms with E-state index < -0.39 is 10.0 Å². The molecule has 2 N–H and O–H groups in total. The quantitative estimate of drug-likeness (QED) is 0.877. The highest BCUT2D eigenvalue weighted by molar-refractivity contribution is 7.88. The highest BCUT2D eigenvalue weighted by Gasteiger charge is 2.19. The Morgan fingerprint density at radius 1 is 1.14 bits per heavy atom. The van der Waals surface area contributed by atoms with Crippen molar-refractivity contribution in [1.29, 1.82) is 0 Å². The molecule has 0 spiro atoms. The predicted molar refractivity (Wildman–Crippen MR) is 82.7 cm³/mol. The zero-order valence-corrected chi connectivity index (χ0v) is 12.8. The van der Waals surface area contributed by atoms with Gasteiger partial charge in [-0.25, -0.2) is 8.42 Å². The summed E-state index contributed by atoms with van der Waals surface area (Å²) in [6, 6.07) is 12.8. The van der Waals surface area contributed by atoms with Gasteiger partial charge in [0.25, 0.3) is 0 Å². The van der Waals surface area contributed by atoms with E-state index >= 15 is 0 Å². The van der Waals surface area contributed by atoms with Gasteiger partial charge in [-0.15, -0.1) is 0 Å². The van der Waals surface area contributed by atoms with Crippen LogP contribution in [0.2, 0.25) is 0 Å². The fraction of sp³-hybridized carbons (Fsp3) is 0.267. The largest absolute Gasteiger partial charge is 0.326 e. The first-order valence-electron chi connectivity index (χ1n) is 6.63. The zero-order chi connectivity index (χ0) is 15.3. The van der Waals surface area contributed by atoms with Crippen molar-refractivity contribution in [2.75, 3.05) is 7.05 Å². The highest BCUT2D eigenvalue weighted by Crippen LogP contribution is 2.13. The van der Waals surface area contributed by atoms with E-state index in [1.54, 1.807) is 31.4 Å². The van der Waals surface area contributed by atoms with Gasteiger partial charge in [0.2, 0.25) is 10.0 Å². The first-order chi connectivity index (χ1) is 10.0. The van der Waals surface area contributed by atoms with Gasteiger partial charge in [0.15, 0.2) is 0 Å². The van der Waals surface area contributed by atoms with Crippen molar-refractivity contribution >= 4 is 10.0 Å². The Balaban J connectivity index is 2.10. The summed E-state index contributed by atoms with van der Waals surface area (Å²) in [5.74, 6) is -0.0375. The molecule has 0 bridgehead atoms. The second-order valence-corrected chi connectivity index (χ2v) is 6.93. The van der Waals surface area contributed by atoms with Crippen molar-refractivity contribution in [2.45, 2.75) is 18.8 Å². The molecule has 21 heavy (non-hydrogen) atoms. The topological polar surface area (TPSA) is 76.3 Å². The molecule has 1 aromatic carbocycles. The van der Waals surface area contributed by atoms with Crippen LogP contribution in [0.25, 0.3) is 0 Å². The summed E-state index contributed by atoms with van der Waals surface area (Å²) < 4.78 is 26.1. The zero-order valence-electron chi connectivity index (χ0n) is 11.9. The number of sulfonamides is 1. The number of rotatable bonds is 6. The fourth-order valence-electron chi connectivity index (χ4n) is 1.99. The summed E-state index contributed by atoms with van der Waals surface area (Å²) in [7, 11) is -1.82. The van der Waals surface area contributed by atoms with Crippen LogP contribution < -0.4 is 5.73 Å². The summed E-state index contributed by atoms with van der Waals surface area (Å²) in [5.41, 5.74) is 7.97. The molecule has 0 saturated carbocycles. The monoisotopic (exact) mass is 305 g/mol. The van der Waals surface area contributed by atoms with E-state index in [9.17, 15) is 8.42 Å². The molecule has 6 heteroatoms. The van der Waals surface area contributed by atoms with Crippen LogP contribution in [0, 0.1) is 0 Å². The Labute approximate surface area is 125 Å². The van der Waals surface area contributed by atoms with E-state index in [1.807, 2.05) is 24.3 Å². The molecular weight excluding hydrogens is 286 g/mol. The normalized spacial score (nSPS) is 11.8. The average Bonchev–Trinajstić information content (AvgIpc) is 2.48. The number of benzene rings is 1. The SMILES string of the molecule is CN(Cc1ccccn1)S(=O)(=O)Cc1cccc(CN)c1. The molecule has 5 nitrogen and oxygen atoms in total. The van der Waals surface area contributed by atoms with Gasteiger partial charge in [0.05, 0.1) is 18.0 Å². The Hall–Kier alpha value is -1.76. The average molecular weight is 305 g/mol. The third kappa shape index (κ3) is 4.35. The first kappa shape index (κ1) is 15.6. The molecule has 0 aliphatic carbocycles. The summed E-state index contributed by atoms with van der Waals surface area (Å²) in [6.45, 7) is 0.664. The van der Waals surface area contributed by atoms with Crippen molar-refractivity contribution in [3.63, 3.8) is 0 Å². The minimum atomic E-state index is -3.38. The second-order valence-electron chi connectivity index (χ2n) is 4.86. The van der Waals surface area contributed by atoms with Crippen molar-refractivity contribution in [3.8, 4) is 0 Å². The summed E-state index contributed by atoms with van der Waals surface area (Å²) in [4.78, 5) is 4.14. The Kier molecular flexibility index (Phi) is 5.06. The van der Waals surface area contributed by atoms with E-state index in [1.165, 1.54) is 4.31 Å². The third-order valence-electron chi connectivity index (χ3n) is 3.16. The molecule has 2 aromatic rings. The number of nitrogens with two attached hydrogens (primary N) is 1. The molecule has 1 heterocycles. The van der Waals surface area contributed by atoms with Crippen LogP contribution in [0.4, 0.5) is 0 Å². The minimum absolute atomic E-state index is 0.0375. The Morgan fingerprint density at radius 2 is 1.90 bits per heavy atom. The van der Waals surface area contributed by atoms with Crippen LogP contribution in [0.1, 0.15) is 16.8 Å². The van der Waals surface area contributed by atoms with Crippen molar-refractivity contribution in [3.05, 3.63) is 65.5 Å². The number of pyridine rings is 1. The van der Waals surface area contributed by atoms with Gasteiger partial charge in [0.1, 0.15) is 0 Å². The molecule has 0 aliphatic heterocycles. The summed E-state index contributed by atoms with van der Waals surface area (Å²) in [6.07, 6.45) is 1.65. The van der Waals surface area contributed by atoms with Crippen LogP contribution in [0.5, 0.6) is 0 Å². The van der Waals surface area contributed by atoms with Crippen molar-refractivity contribution in [1.82, 2.24) is 9.29 Å². The van der Waals surface area contributed by atoms with Crippen LogP contribution in [-0.4, -0.2) is 24.8 Å². The molecule has 0 aliphatic rings. The standard InChI is InChI=1S/C15H19N3O2S/c1-18(11-15-7-2-3-8-17-15)21(19,20)12-14-6-4-5-13(9-14)10-16/h2-9H,10-12,16H2,1H3. The van der Waals surface area contributed by atoms with Crippen LogP contribution in [0.15, 0.2) is 48.7 Å². The lowest BCUT2D eigenvalue weighted by atomic mass is 10.1. The summed E-state index contributed by atoms with van der Waals surface area (Å²) in [5, 5.41) is 0. The molecule has 2 rings (SSSR count). The Bertz CT molecular complexity index is 687. The van der Waals surface area contributed by atoms with Crippen molar-refractivity contribution < 1.29 is 8.42 Å². The molecule has 0 fully saturated rings. The Morgan fingerprint density at radius 3 is 2.57 bits per heavy atom. The van der Waals surface area contributed by atoms with E-state index in [2.05, 4.69) is 4.98 Å². The number of nitrogens with zero attached hydrogens (tertiary/aromatic N) is 2. The van der Waals surface area contributed by atoms with Gasteiger partial charge in [-0.2, -0.15) is 4.31 Å². The highest BCUT2D eigenvalue weighted by atomic mass is 32.2. The van der Waals surface area contributed by atoms with E-state index in [0.29, 0.717) is 6.54 Å². The minimum Gasteiger partial charge on any atom is -0.326 e. The van der Waals surface area contributed by atoms with Gasteiger partial charge >= 0.3 is 0 Å². The third-order valence-corrected chi connectivity index (χ3v) is 4.94. The molecule has 1 aromatic heterocycles. The molecule has 112 valence electrons. The lowest BCUT2D eigenvalue weighted by Crippen LogP contribution is -2.28. The van der Waals surface area contributed by atoms with Crippen LogP contribution >= 0.6 is 0 Å². The lowest BCUT2D eigenvalue weighted by Gasteiger charge is -2.17. The predicted octanol–water partition coefficient (Wildman–Crippen LogP) is 1.50. The first-order valence-corrected chi connectivity index (χ1v) is 8.24. The number of hydrogen-bond acceptors (Lipinski definition) is 4. The van der Waals surface area contributed by atoms with E-state index in [4.69, 9.17) is 5.73 Å². The summed E-state index contributed by atoms with van der Waals surface area (Å²) >= 11 is 0. The molecule has 0 saturated heterocycles. The number of aromatic nitrogens is 1. The molecule has 0 amide bonds. The van der Waals surface area contributed by atoms with Gasteiger partial charge in [-0.3, -0.25) is 4.98 Å². The second kappa shape index (κ2) is 6.80. The number of hydrogen-bond donors (Lipinski definition) is 1. The van der Waals surface area contributed by atoms with Gasteiger partial charge in [0, 0.05) is 19.8 Å². The fourth-order valence-corrected chi connectivity index (χ4v) is 3.14. The maximum atomic E-state index is 12.4. The lowest BCUT2D eigenvalue weighted by molar-refractivity contribution is 0.461. The van der Waals surface area contributed by atoms with Gasteiger partial charge in [-0.1, -0.05) is 30.3 Å². The molecule has 0 radical (unpaired) electrons. The maximum Gasteiger partial charge on any atom is 0.218 e. The van der Waals surface area contributed by atoms with Crippen LogP contribution in [0.3, 0.4) is 0 Å². The maximum absolute atomic E-state index is 12.4. The van der Waals surface area contributed by atoms with E-state index in [0.717, 1.165) is 16.8 Å². The molecule has 0 unspecified atom stereocenters. The molecular formula is C15H19N3O2S. The van der Waals surface area contributed by atoms with Gasteiger partial charge in [-0.05, 0) is 23.3 Å². The van der Waals surface area contributed by atoms with E-state index in [-0.39, 0.29) is 12.3 Å². The van der Waals surface area contributed by atoms with Gasteiger partial charge < -0.3 is 5.73 Å².